The van der Waals surface area contributed by atoms with Gasteiger partial charge in [-0.2, -0.15) is 0 Å². The van der Waals surface area contributed by atoms with Gasteiger partial charge in [-0.05, 0) is 0 Å². The molecule has 32 valence electrons. The second kappa shape index (κ2) is 5.66. The summed E-state index contributed by atoms with van der Waals surface area (Å²) in [7, 11) is 1.67. The second-order valence-corrected chi connectivity index (χ2v) is 1.44. The standard InChI is InChI=1S/C2H5B2IO/c1-2-6-4-3-5/h2H2,1H3. The third-order valence-corrected chi connectivity index (χ3v) is 0.608. The molecule has 0 N–H and O–H groups in total. The van der Waals surface area contributed by atoms with Crippen molar-refractivity contribution in [3.8, 4) is 0 Å². The van der Waals surface area contributed by atoms with Gasteiger partial charge in [-0.3, -0.25) is 0 Å². The average molecular weight is 194 g/mol. The van der Waals surface area contributed by atoms with E-state index in [9.17, 15) is 0 Å². The van der Waals surface area contributed by atoms with E-state index in [-0.39, 0.29) is 0 Å². The Labute approximate surface area is 52.5 Å². The topological polar surface area (TPSA) is 9.23 Å². The summed E-state index contributed by atoms with van der Waals surface area (Å²) in [5.74, 6) is 0. The molecule has 0 fully saturated rings. The van der Waals surface area contributed by atoms with Crippen molar-refractivity contribution < 1.29 is 4.65 Å². The Morgan fingerprint density at radius 3 is 2.67 bits per heavy atom. The summed E-state index contributed by atoms with van der Waals surface area (Å²) in [6, 6.07) is 0. The molecule has 0 spiro atoms. The molecule has 0 aromatic rings. The van der Waals surface area contributed by atoms with E-state index in [0.29, 0.717) is 0 Å². The van der Waals surface area contributed by atoms with Crippen LogP contribution in [-0.4, -0.2) is 18.3 Å². The zero-order valence-electron chi connectivity index (χ0n) is 3.65. The van der Waals surface area contributed by atoms with Gasteiger partial charge in [0.15, 0.2) is 0 Å². The first-order chi connectivity index (χ1) is 2.91. The molecule has 0 aromatic carbocycles. The zero-order chi connectivity index (χ0) is 4.83. The Morgan fingerprint density at radius 2 is 2.50 bits per heavy atom. The van der Waals surface area contributed by atoms with E-state index in [1.807, 2.05) is 11.6 Å². The van der Waals surface area contributed by atoms with Crippen molar-refractivity contribution >= 4 is 34.0 Å². The van der Waals surface area contributed by atoms with Gasteiger partial charge in [-0.15, -0.1) is 0 Å². The second-order valence-electron chi connectivity index (χ2n) is 0.717. The molecule has 0 radical (unpaired) electrons. The van der Waals surface area contributed by atoms with Crippen LogP contribution in [0.3, 0.4) is 0 Å². The molecule has 0 heterocycles. The summed E-state index contributed by atoms with van der Waals surface area (Å²) < 4.78 is 6.63. The summed E-state index contributed by atoms with van der Waals surface area (Å²) >= 11 is 2.11. The fourth-order valence-corrected chi connectivity index (χ4v) is 0.340. The molecule has 0 saturated heterocycles. The molecule has 0 unspecified atom stereocenters. The summed E-state index contributed by atoms with van der Waals surface area (Å²) in [6.45, 7) is 2.72. The van der Waals surface area contributed by atoms with Crippen LogP contribution in [0.2, 0.25) is 0 Å². The molecule has 0 saturated carbocycles. The van der Waals surface area contributed by atoms with Crippen LogP contribution >= 0.6 is 22.4 Å². The van der Waals surface area contributed by atoms with Gasteiger partial charge in [-0.1, -0.05) is 0 Å². The first-order valence-electron chi connectivity index (χ1n) is 1.78. The molecule has 6 heavy (non-hydrogen) atoms. The Morgan fingerprint density at radius 1 is 1.83 bits per heavy atom. The molecule has 4 heteroatoms. The quantitative estimate of drug-likeness (QED) is 0.461. The number of hydrogen-bond acceptors (Lipinski definition) is 1. The summed E-state index contributed by atoms with van der Waals surface area (Å²) in [5, 5.41) is 0. The number of halogens is 1. The zero-order valence-corrected chi connectivity index (χ0v) is 5.81. The minimum absolute atomic E-state index is 0.763. The van der Waals surface area contributed by atoms with Gasteiger partial charge in [0.2, 0.25) is 0 Å². The van der Waals surface area contributed by atoms with Crippen molar-refractivity contribution in [3.63, 3.8) is 0 Å². The van der Waals surface area contributed by atoms with E-state index in [0.717, 1.165) is 6.61 Å². The van der Waals surface area contributed by atoms with Crippen LogP contribution in [0.5, 0.6) is 0 Å². The Bertz CT molecular complexity index is 46.8. The van der Waals surface area contributed by atoms with Crippen molar-refractivity contribution in [2.75, 3.05) is 6.61 Å². The Balaban J connectivity index is 2.66. The van der Waals surface area contributed by atoms with Crippen molar-refractivity contribution in [3.05, 3.63) is 0 Å². The molecule has 1 nitrogen and oxygen atoms in total. The van der Waals surface area contributed by atoms with Crippen LogP contribution in [0.1, 0.15) is 6.92 Å². The van der Waals surface area contributed by atoms with Gasteiger partial charge in [0.05, 0.1) is 0 Å². The molecular weight excluding hydrogens is 189 g/mol. The third-order valence-electron chi connectivity index (χ3n) is 0.314. The van der Waals surface area contributed by atoms with E-state index in [4.69, 9.17) is 4.65 Å². The van der Waals surface area contributed by atoms with Gasteiger partial charge in [0, 0.05) is 0 Å². The van der Waals surface area contributed by atoms with Gasteiger partial charge in [0.25, 0.3) is 0 Å². The molecule has 0 amide bonds. The monoisotopic (exact) mass is 194 g/mol. The van der Waals surface area contributed by atoms with Crippen molar-refractivity contribution in [2.24, 2.45) is 0 Å². The van der Waals surface area contributed by atoms with Gasteiger partial charge in [0.1, 0.15) is 0 Å². The molecule has 0 aromatic heterocycles. The average Bonchev–Trinajstić information content (AvgIpc) is 1.61. The summed E-state index contributed by atoms with van der Waals surface area (Å²) in [4.78, 5) is 0. The predicted molar refractivity (Wildman–Crippen MR) is 37.2 cm³/mol. The van der Waals surface area contributed by atoms with Crippen LogP contribution in [0.25, 0.3) is 0 Å². The van der Waals surface area contributed by atoms with Crippen molar-refractivity contribution in [1.29, 1.82) is 0 Å². The summed E-state index contributed by atoms with van der Waals surface area (Å²) in [5.41, 5.74) is 0. The van der Waals surface area contributed by atoms with Gasteiger partial charge < -0.3 is 0 Å². The van der Waals surface area contributed by atoms with Crippen molar-refractivity contribution in [2.45, 2.75) is 6.92 Å². The van der Waals surface area contributed by atoms with Gasteiger partial charge in [-0.25, -0.2) is 0 Å². The normalized spacial score (nSPS) is 7.00. The number of rotatable bonds is 2. The minimum atomic E-state index is 0.763. The molecular formula is C2H5B2IO. The summed E-state index contributed by atoms with van der Waals surface area (Å²) in [6.07, 6.45) is 0. The van der Waals surface area contributed by atoms with E-state index < -0.39 is 0 Å². The molecule has 0 bridgehead atoms. The fourth-order valence-electron chi connectivity index (χ4n) is 0.133. The first-order valence-corrected chi connectivity index (χ1v) is 3.03. The van der Waals surface area contributed by atoms with E-state index in [2.05, 4.69) is 22.4 Å². The van der Waals surface area contributed by atoms with Crippen LogP contribution in [0, 0.1) is 0 Å². The van der Waals surface area contributed by atoms with E-state index in [1.54, 1.807) is 7.00 Å². The van der Waals surface area contributed by atoms with Crippen LogP contribution < -0.4 is 0 Å². The van der Waals surface area contributed by atoms with Crippen LogP contribution in [-0.2, 0) is 4.65 Å². The maximum atomic E-state index is 4.79. The molecule has 0 rings (SSSR count). The number of hydrogen-bond donors (Lipinski definition) is 0. The van der Waals surface area contributed by atoms with Crippen LogP contribution in [0.4, 0.5) is 0 Å². The van der Waals surface area contributed by atoms with Gasteiger partial charge >= 0.3 is 52.2 Å². The Hall–Kier alpha value is 0.660. The first kappa shape index (κ1) is 6.66. The van der Waals surface area contributed by atoms with Crippen LogP contribution in [0.15, 0.2) is 0 Å². The Kier molecular flexibility index (Phi) is 6.28. The molecule has 0 aliphatic heterocycles. The molecule has 0 aliphatic carbocycles. The fraction of sp³-hybridized carbons (Fsp3) is 1.00. The molecule has 0 atom stereocenters. The third kappa shape index (κ3) is 4.66. The maximum absolute atomic E-state index is 4.79. The van der Waals surface area contributed by atoms with Crippen molar-refractivity contribution in [1.82, 2.24) is 0 Å². The predicted octanol–water partition coefficient (Wildman–Crippen LogP) is 0.611. The van der Waals surface area contributed by atoms with E-state index in [1.165, 1.54) is 0 Å². The SMILES string of the molecule is CCOB=BI. The molecule has 0 aliphatic rings. The van der Waals surface area contributed by atoms with E-state index >= 15 is 0 Å².